The molecule has 94 valence electrons. The molecule has 2 aliphatic rings. The highest BCUT2D eigenvalue weighted by atomic mass is 15.2. The van der Waals surface area contributed by atoms with Gasteiger partial charge in [-0.3, -0.25) is 0 Å². The van der Waals surface area contributed by atoms with Crippen LogP contribution in [-0.4, -0.2) is 36.6 Å². The Morgan fingerprint density at radius 1 is 1.25 bits per heavy atom. The van der Waals surface area contributed by atoms with Crippen LogP contribution in [0.2, 0.25) is 0 Å². The molecule has 0 aliphatic carbocycles. The van der Waals surface area contributed by atoms with Crippen LogP contribution < -0.4 is 5.32 Å². The first-order valence-corrected chi connectivity index (χ1v) is 7.16. The number of rotatable bonds is 4. The lowest BCUT2D eigenvalue weighted by molar-refractivity contribution is 0.0478. The fraction of sp³-hybridized carbons (Fsp3) is 1.00. The molecule has 0 aromatic heterocycles. The average Bonchev–Trinajstić information content (AvgIpc) is 2.26. The van der Waals surface area contributed by atoms with Gasteiger partial charge in [-0.1, -0.05) is 26.7 Å². The van der Waals surface area contributed by atoms with Crippen LogP contribution in [0.4, 0.5) is 0 Å². The molecule has 2 fully saturated rings. The monoisotopic (exact) mass is 224 g/mol. The van der Waals surface area contributed by atoms with Crippen molar-refractivity contribution in [2.75, 3.05) is 13.6 Å². The Kier molecular flexibility index (Phi) is 4.26. The number of nitrogens with zero attached hydrogens (tertiary/aromatic N) is 1. The van der Waals surface area contributed by atoms with E-state index in [9.17, 15) is 0 Å². The Morgan fingerprint density at radius 3 is 2.44 bits per heavy atom. The van der Waals surface area contributed by atoms with Gasteiger partial charge in [0.15, 0.2) is 0 Å². The van der Waals surface area contributed by atoms with E-state index in [-0.39, 0.29) is 0 Å². The first kappa shape index (κ1) is 12.4. The summed E-state index contributed by atoms with van der Waals surface area (Å²) in [6.07, 6.45) is 8.36. The van der Waals surface area contributed by atoms with E-state index in [1.54, 1.807) is 0 Å². The molecular formula is C14H28N2. The summed E-state index contributed by atoms with van der Waals surface area (Å²) in [6, 6.07) is 2.52. The SMILES string of the molecule is CCC(C)CNC1CC2CCCC(C1)N2C. The van der Waals surface area contributed by atoms with E-state index in [0.29, 0.717) is 0 Å². The maximum Gasteiger partial charge on any atom is 0.0110 e. The minimum Gasteiger partial charge on any atom is -0.314 e. The van der Waals surface area contributed by atoms with Gasteiger partial charge in [0.1, 0.15) is 0 Å². The number of fused-ring (bicyclic) bond motifs is 2. The van der Waals surface area contributed by atoms with E-state index in [4.69, 9.17) is 0 Å². The molecule has 3 atom stereocenters. The Bertz CT molecular complexity index is 203. The molecule has 2 rings (SSSR count). The molecule has 1 N–H and O–H groups in total. The first-order chi connectivity index (χ1) is 7.70. The standard InChI is InChI=1S/C14H28N2/c1-4-11(2)10-15-12-8-13-6-5-7-14(9-12)16(13)3/h11-15H,4-10H2,1-3H3. The van der Waals surface area contributed by atoms with Gasteiger partial charge in [0.05, 0.1) is 0 Å². The van der Waals surface area contributed by atoms with E-state index >= 15 is 0 Å². The van der Waals surface area contributed by atoms with Crippen LogP contribution in [0.1, 0.15) is 52.4 Å². The Hall–Kier alpha value is -0.0800. The molecule has 0 spiro atoms. The summed E-state index contributed by atoms with van der Waals surface area (Å²) >= 11 is 0. The molecule has 2 bridgehead atoms. The number of piperidine rings is 2. The van der Waals surface area contributed by atoms with Gasteiger partial charge in [0.25, 0.3) is 0 Å². The molecule has 2 nitrogen and oxygen atoms in total. The lowest BCUT2D eigenvalue weighted by atomic mass is 9.82. The fourth-order valence-electron chi connectivity index (χ4n) is 3.29. The molecule has 0 aromatic carbocycles. The van der Waals surface area contributed by atoms with E-state index in [2.05, 4.69) is 31.1 Å². The highest BCUT2D eigenvalue weighted by molar-refractivity contribution is 4.93. The summed E-state index contributed by atoms with van der Waals surface area (Å²) in [6.45, 7) is 5.85. The smallest absolute Gasteiger partial charge is 0.0110 e. The van der Waals surface area contributed by atoms with Crippen molar-refractivity contribution in [3.63, 3.8) is 0 Å². The minimum atomic E-state index is 0.792. The van der Waals surface area contributed by atoms with Gasteiger partial charge < -0.3 is 10.2 Å². The van der Waals surface area contributed by atoms with Crippen molar-refractivity contribution < 1.29 is 0 Å². The quantitative estimate of drug-likeness (QED) is 0.790. The van der Waals surface area contributed by atoms with Crippen LogP contribution in [0.25, 0.3) is 0 Å². The molecule has 0 amide bonds. The molecule has 2 heterocycles. The van der Waals surface area contributed by atoms with Crippen molar-refractivity contribution in [3.8, 4) is 0 Å². The second-order valence-electron chi connectivity index (χ2n) is 5.99. The first-order valence-electron chi connectivity index (χ1n) is 7.16. The highest BCUT2D eigenvalue weighted by Gasteiger charge is 2.35. The largest absolute Gasteiger partial charge is 0.314 e. The number of nitrogens with one attached hydrogen (secondary N) is 1. The Morgan fingerprint density at radius 2 is 1.88 bits per heavy atom. The van der Waals surface area contributed by atoms with Gasteiger partial charge in [-0.15, -0.1) is 0 Å². The van der Waals surface area contributed by atoms with Crippen molar-refractivity contribution in [1.29, 1.82) is 0 Å². The maximum atomic E-state index is 3.79. The fourth-order valence-corrected chi connectivity index (χ4v) is 3.29. The molecule has 0 saturated carbocycles. The predicted octanol–water partition coefficient (Wildman–Crippen LogP) is 2.64. The summed E-state index contributed by atoms with van der Waals surface area (Å²) in [4.78, 5) is 2.64. The molecule has 2 saturated heterocycles. The third-order valence-electron chi connectivity index (χ3n) is 4.79. The molecule has 2 aliphatic heterocycles. The number of hydrogen-bond acceptors (Lipinski definition) is 2. The van der Waals surface area contributed by atoms with Gasteiger partial charge in [-0.2, -0.15) is 0 Å². The van der Waals surface area contributed by atoms with Gasteiger partial charge in [0, 0.05) is 18.1 Å². The van der Waals surface area contributed by atoms with Crippen LogP contribution >= 0.6 is 0 Å². The summed E-state index contributed by atoms with van der Waals surface area (Å²) < 4.78 is 0. The van der Waals surface area contributed by atoms with Crippen LogP contribution in [0, 0.1) is 5.92 Å². The normalized spacial score (nSPS) is 37.3. The van der Waals surface area contributed by atoms with E-state index in [1.807, 2.05) is 0 Å². The lowest BCUT2D eigenvalue weighted by Crippen LogP contribution is -2.54. The molecule has 0 aromatic rings. The maximum absolute atomic E-state index is 3.79. The molecule has 16 heavy (non-hydrogen) atoms. The topological polar surface area (TPSA) is 15.3 Å². The van der Waals surface area contributed by atoms with Crippen LogP contribution in [-0.2, 0) is 0 Å². The third-order valence-corrected chi connectivity index (χ3v) is 4.79. The molecule has 2 heteroatoms. The minimum absolute atomic E-state index is 0.792. The highest BCUT2D eigenvalue weighted by Crippen LogP contribution is 2.32. The summed E-state index contributed by atoms with van der Waals surface area (Å²) in [7, 11) is 2.33. The summed E-state index contributed by atoms with van der Waals surface area (Å²) in [5.74, 6) is 0.833. The second-order valence-corrected chi connectivity index (χ2v) is 5.99. The summed E-state index contributed by atoms with van der Waals surface area (Å²) in [5, 5.41) is 3.79. The van der Waals surface area contributed by atoms with Crippen LogP contribution in [0.15, 0.2) is 0 Å². The van der Waals surface area contributed by atoms with Gasteiger partial charge >= 0.3 is 0 Å². The predicted molar refractivity (Wildman–Crippen MR) is 69.7 cm³/mol. The third kappa shape index (κ3) is 2.78. The Balaban J connectivity index is 1.80. The zero-order chi connectivity index (χ0) is 11.5. The summed E-state index contributed by atoms with van der Waals surface area (Å²) in [5.41, 5.74) is 0. The van der Waals surface area contributed by atoms with E-state index in [1.165, 1.54) is 45.1 Å². The van der Waals surface area contributed by atoms with Crippen molar-refractivity contribution in [3.05, 3.63) is 0 Å². The Labute approximate surface area is 101 Å². The van der Waals surface area contributed by atoms with Crippen molar-refractivity contribution >= 4 is 0 Å². The van der Waals surface area contributed by atoms with E-state index in [0.717, 1.165) is 24.0 Å². The van der Waals surface area contributed by atoms with Gasteiger partial charge in [-0.05, 0) is 45.2 Å². The zero-order valence-corrected chi connectivity index (χ0v) is 11.2. The zero-order valence-electron chi connectivity index (χ0n) is 11.2. The van der Waals surface area contributed by atoms with Crippen molar-refractivity contribution in [2.24, 2.45) is 5.92 Å². The lowest BCUT2D eigenvalue weighted by Gasteiger charge is -2.47. The van der Waals surface area contributed by atoms with Crippen LogP contribution in [0.5, 0.6) is 0 Å². The molecule has 3 unspecified atom stereocenters. The molecule has 0 radical (unpaired) electrons. The van der Waals surface area contributed by atoms with E-state index < -0.39 is 0 Å². The average molecular weight is 224 g/mol. The molecular weight excluding hydrogens is 196 g/mol. The number of hydrogen-bond donors (Lipinski definition) is 1. The van der Waals surface area contributed by atoms with Crippen molar-refractivity contribution in [1.82, 2.24) is 10.2 Å². The van der Waals surface area contributed by atoms with Gasteiger partial charge in [0.2, 0.25) is 0 Å². The van der Waals surface area contributed by atoms with Crippen molar-refractivity contribution in [2.45, 2.75) is 70.5 Å². The van der Waals surface area contributed by atoms with Gasteiger partial charge in [-0.25, -0.2) is 0 Å². The van der Waals surface area contributed by atoms with Crippen LogP contribution in [0.3, 0.4) is 0 Å². The second kappa shape index (κ2) is 5.50.